The topological polar surface area (TPSA) is 64.0 Å². The number of aromatic nitrogens is 2. The predicted octanol–water partition coefficient (Wildman–Crippen LogP) is 4.70. The fourth-order valence-electron chi connectivity index (χ4n) is 3.43. The third kappa shape index (κ3) is 4.27. The van der Waals surface area contributed by atoms with Gasteiger partial charge in [-0.2, -0.15) is 5.10 Å². The number of rotatable bonds is 5. The Balaban J connectivity index is 1.86. The Kier molecular flexibility index (Phi) is 5.96. The van der Waals surface area contributed by atoms with Crippen molar-refractivity contribution < 1.29 is 4.79 Å². The fraction of sp³-hybridized carbons (Fsp3) is 0.0800. The highest BCUT2D eigenvalue weighted by Gasteiger charge is 2.24. The largest absolute Gasteiger partial charge is 0.348 e. The second-order valence-corrected chi connectivity index (χ2v) is 7.44. The van der Waals surface area contributed by atoms with Crippen molar-refractivity contribution >= 4 is 17.5 Å². The van der Waals surface area contributed by atoms with Gasteiger partial charge in [-0.15, -0.1) is 0 Å². The number of benzene rings is 3. The highest BCUT2D eigenvalue weighted by molar-refractivity contribution is 6.31. The summed E-state index contributed by atoms with van der Waals surface area (Å²) < 4.78 is 1.21. The van der Waals surface area contributed by atoms with Gasteiger partial charge in [-0.25, -0.2) is 4.68 Å². The van der Waals surface area contributed by atoms with Crippen LogP contribution in [0.3, 0.4) is 0 Å². The van der Waals surface area contributed by atoms with Crippen LogP contribution in [-0.4, -0.2) is 15.7 Å². The van der Waals surface area contributed by atoms with E-state index in [2.05, 4.69) is 10.4 Å². The molecular weight excluding hydrogens is 410 g/mol. The number of hydrogen-bond acceptors (Lipinski definition) is 3. The average Bonchev–Trinajstić information content (AvgIpc) is 2.81. The number of hydrogen-bond donors (Lipinski definition) is 1. The van der Waals surface area contributed by atoms with Crippen LogP contribution in [0.25, 0.3) is 22.4 Å². The van der Waals surface area contributed by atoms with E-state index >= 15 is 0 Å². The summed E-state index contributed by atoms with van der Waals surface area (Å²) in [5.41, 5.74) is 2.99. The Morgan fingerprint density at radius 1 is 0.903 bits per heavy atom. The van der Waals surface area contributed by atoms with Gasteiger partial charge < -0.3 is 5.32 Å². The van der Waals surface area contributed by atoms with E-state index in [4.69, 9.17) is 11.6 Å². The summed E-state index contributed by atoms with van der Waals surface area (Å²) in [7, 11) is 1.55. The molecule has 0 spiro atoms. The van der Waals surface area contributed by atoms with E-state index in [0.29, 0.717) is 16.3 Å². The van der Waals surface area contributed by atoms with Crippen LogP contribution in [0.15, 0.2) is 89.7 Å². The summed E-state index contributed by atoms with van der Waals surface area (Å²) >= 11 is 6.22. The Morgan fingerprint density at radius 3 is 2.13 bits per heavy atom. The summed E-state index contributed by atoms with van der Waals surface area (Å²) in [6, 6.07) is 26.1. The molecule has 1 N–H and O–H groups in total. The molecule has 4 rings (SSSR count). The van der Waals surface area contributed by atoms with Crippen molar-refractivity contribution in [3.05, 3.63) is 111 Å². The summed E-state index contributed by atoms with van der Waals surface area (Å²) in [6.07, 6.45) is 0. The number of carbonyl (C=O) groups excluding carboxylic acids is 1. The molecule has 31 heavy (non-hydrogen) atoms. The molecule has 1 heterocycles. The smallest absolute Gasteiger partial charge is 0.280 e. The standard InChI is InChI=1S/C25H20ClN3O2/c1-29-25(31)22(24(30)27-16-19-14-8-9-15-20(19)26)21(17-10-4-2-5-11-17)23(28-29)18-12-6-3-7-13-18/h2-15H,16H2,1H3,(H,27,30). The van der Waals surface area contributed by atoms with E-state index in [-0.39, 0.29) is 12.1 Å². The molecule has 0 bridgehead atoms. The van der Waals surface area contributed by atoms with Crippen LogP contribution in [0.1, 0.15) is 15.9 Å². The zero-order chi connectivity index (χ0) is 21.8. The number of nitrogens with zero attached hydrogens (tertiary/aromatic N) is 2. The normalized spacial score (nSPS) is 10.6. The zero-order valence-corrected chi connectivity index (χ0v) is 17.6. The number of nitrogens with one attached hydrogen (secondary N) is 1. The molecule has 0 atom stereocenters. The highest BCUT2D eigenvalue weighted by Crippen LogP contribution is 2.31. The Bertz CT molecular complexity index is 1290. The molecule has 0 saturated carbocycles. The fourth-order valence-corrected chi connectivity index (χ4v) is 3.64. The lowest BCUT2D eigenvalue weighted by atomic mass is 9.95. The summed E-state index contributed by atoms with van der Waals surface area (Å²) in [6.45, 7) is 0.207. The average molecular weight is 430 g/mol. The molecule has 0 unspecified atom stereocenters. The Labute approximate surface area is 184 Å². The van der Waals surface area contributed by atoms with Gasteiger partial charge in [0.15, 0.2) is 0 Å². The Morgan fingerprint density at radius 2 is 1.48 bits per heavy atom. The minimum Gasteiger partial charge on any atom is -0.348 e. The summed E-state index contributed by atoms with van der Waals surface area (Å²) in [5.74, 6) is -0.473. The molecule has 0 saturated heterocycles. The van der Waals surface area contributed by atoms with Crippen LogP contribution in [0.4, 0.5) is 0 Å². The predicted molar refractivity (Wildman–Crippen MR) is 123 cm³/mol. The van der Waals surface area contributed by atoms with Crippen molar-refractivity contribution in [1.29, 1.82) is 0 Å². The van der Waals surface area contributed by atoms with Crippen LogP contribution >= 0.6 is 11.6 Å². The number of halogens is 1. The number of aryl methyl sites for hydroxylation is 1. The summed E-state index contributed by atoms with van der Waals surface area (Å²) in [4.78, 5) is 26.4. The van der Waals surface area contributed by atoms with Crippen molar-refractivity contribution in [2.45, 2.75) is 6.54 Å². The molecule has 0 aliphatic heterocycles. The van der Waals surface area contributed by atoms with E-state index in [1.165, 1.54) is 4.68 Å². The van der Waals surface area contributed by atoms with Crippen molar-refractivity contribution in [3.63, 3.8) is 0 Å². The number of amides is 1. The first-order valence-electron chi connectivity index (χ1n) is 9.80. The van der Waals surface area contributed by atoms with Crippen LogP contribution in [0.2, 0.25) is 5.02 Å². The van der Waals surface area contributed by atoms with Crippen molar-refractivity contribution in [2.24, 2.45) is 7.05 Å². The molecular formula is C25H20ClN3O2. The van der Waals surface area contributed by atoms with Crippen molar-refractivity contribution in [2.75, 3.05) is 0 Å². The first-order valence-corrected chi connectivity index (χ1v) is 10.2. The molecule has 0 radical (unpaired) electrons. The third-order valence-corrected chi connectivity index (χ3v) is 5.35. The molecule has 5 nitrogen and oxygen atoms in total. The first kappa shape index (κ1) is 20.6. The summed E-state index contributed by atoms with van der Waals surface area (Å²) in [5, 5.41) is 7.90. The van der Waals surface area contributed by atoms with Crippen molar-refractivity contribution in [3.8, 4) is 22.4 Å². The van der Waals surface area contributed by atoms with E-state index in [1.54, 1.807) is 13.1 Å². The second-order valence-electron chi connectivity index (χ2n) is 7.03. The van der Waals surface area contributed by atoms with Crippen LogP contribution in [0.5, 0.6) is 0 Å². The maximum absolute atomic E-state index is 13.3. The lowest BCUT2D eigenvalue weighted by Crippen LogP contribution is -2.34. The van der Waals surface area contributed by atoms with Gasteiger partial charge in [0.25, 0.3) is 11.5 Å². The molecule has 4 aromatic rings. The highest BCUT2D eigenvalue weighted by atomic mass is 35.5. The van der Waals surface area contributed by atoms with E-state index in [0.717, 1.165) is 16.7 Å². The lowest BCUT2D eigenvalue weighted by molar-refractivity contribution is 0.0949. The van der Waals surface area contributed by atoms with E-state index < -0.39 is 11.5 Å². The van der Waals surface area contributed by atoms with E-state index in [9.17, 15) is 9.59 Å². The third-order valence-electron chi connectivity index (χ3n) is 4.98. The molecule has 1 amide bonds. The van der Waals surface area contributed by atoms with Crippen LogP contribution < -0.4 is 10.9 Å². The quantitative estimate of drug-likeness (QED) is 0.500. The Hall–Kier alpha value is -3.70. The molecule has 0 aliphatic carbocycles. The lowest BCUT2D eigenvalue weighted by Gasteiger charge is -2.16. The first-order chi connectivity index (χ1) is 15.1. The molecule has 154 valence electrons. The van der Waals surface area contributed by atoms with Gasteiger partial charge >= 0.3 is 0 Å². The van der Waals surface area contributed by atoms with Gasteiger partial charge in [-0.05, 0) is 17.2 Å². The molecule has 0 aliphatic rings. The maximum atomic E-state index is 13.3. The molecule has 3 aromatic carbocycles. The SMILES string of the molecule is Cn1nc(-c2ccccc2)c(-c2ccccc2)c(C(=O)NCc2ccccc2Cl)c1=O. The monoisotopic (exact) mass is 429 g/mol. The van der Waals surface area contributed by atoms with Gasteiger partial charge in [0.05, 0.1) is 5.69 Å². The van der Waals surface area contributed by atoms with Gasteiger partial charge in [0.1, 0.15) is 5.56 Å². The van der Waals surface area contributed by atoms with Gasteiger partial charge in [-0.3, -0.25) is 9.59 Å². The minimum atomic E-state index is -0.473. The molecule has 1 aromatic heterocycles. The van der Waals surface area contributed by atoms with Crippen LogP contribution in [-0.2, 0) is 13.6 Å². The minimum absolute atomic E-state index is 0.0506. The van der Waals surface area contributed by atoms with Gasteiger partial charge in [0.2, 0.25) is 0 Å². The second kappa shape index (κ2) is 8.98. The van der Waals surface area contributed by atoms with Crippen LogP contribution in [0, 0.1) is 0 Å². The van der Waals surface area contributed by atoms with Crippen molar-refractivity contribution in [1.82, 2.24) is 15.1 Å². The van der Waals surface area contributed by atoms with Gasteiger partial charge in [-0.1, -0.05) is 90.5 Å². The molecule has 0 fully saturated rings. The maximum Gasteiger partial charge on any atom is 0.280 e. The molecule has 6 heteroatoms. The van der Waals surface area contributed by atoms with Gasteiger partial charge in [0, 0.05) is 29.7 Å². The number of carbonyl (C=O) groups is 1. The zero-order valence-electron chi connectivity index (χ0n) is 16.9. The van der Waals surface area contributed by atoms with E-state index in [1.807, 2.05) is 78.9 Å².